The van der Waals surface area contributed by atoms with Crippen molar-refractivity contribution in [2.45, 2.75) is 0 Å². The van der Waals surface area contributed by atoms with Gasteiger partial charge in [-0.1, -0.05) is 0 Å². The lowest BCUT2D eigenvalue weighted by Gasteiger charge is -2.03. The molecular formula is C2H7ClO5. The molecule has 0 aliphatic heterocycles. The van der Waals surface area contributed by atoms with E-state index < -0.39 is 10.2 Å². The maximum atomic E-state index is 8.60. The summed E-state index contributed by atoms with van der Waals surface area (Å²) in [6.07, 6.45) is 0. The minimum absolute atomic E-state index is 1.62. The first-order valence-corrected chi connectivity index (χ1v) is 2.71. The van der Waals surface area contributed by atoms with E-state index in [1.165, 1.54) is 0 Å². The van der Waals surface area contributed by atoms with Gasteiger partial charge in [0.1, 0.15) is 0 Å². The van der Waals surface area contributed by atoms with Crippen molar-refractivity contribution in [3.8, 4) is 0 Å². The lowest BCUT2D eigenvalue weighted by molar-refractivity contribution is -1.92. The summed E-state index contributed by atoms with van der Waals surface area (Å²) in [6, 6.07) is 0. The van der Waals surface area contributed by atoms with Gasteiger partial charge in [-0.2, -0.15) is 14.0 Å². The van der Waals surface area contributed by atoms with Crippen molar-refractivity contribution in [2.24, 2.45) is 0 Å². The Hall–Kier alpha value is 0.0900. The normalized spacial score (nSPS) is 9.75. The molecule has 8 heavy (non-hydrogen) atoms. The Morgan fingerprint density at radius 3 is 1.25 bits per heavy atom. The molecule has 0 aliphatic rings. The van der Waals surface area contributed by atoms with E-state index in [0.717, 1.165) is 0 Å². The fraction of sp³-hybridized carbons (Fsp3) is 1.00. The van der Waals surface area contributed by atoms with Crippen LogP contribution in [-0.4, -0.2) is 18.9 Å². The Kier molecular flexibility index (Phi) is 7.17. The molecule has 52 valence electrons. The zero-order valence-corrected chi connectivity index (χ0v) is 5.21. The minimum atomic E-state index is -4.69. The summed E-state index contributed by atoms with van der Waals surface area (Å²) >= 11 is 0. The Morgan fingerprint density at radius 1 is 1.25 bits per heavy atom. The highest BCUT2D eigenvalue weighted by Gasteiger charge is 1.98. The van der Waals surface area contributed by atoms with Gasteiger partial charge >= 0.3 is 0 Å². The molecule has 0 amide bonds. The number of methoxy groups -OCH3 is 1. The summed E-state index contributed by atoms with van der Waals surface area (Å²) in [5, 5.41) is 0. The maximum absolute atomic E-state index is 8.60. The molecule has 0 rings (SSSR count). The Bertz CT molecular complexity index is 34.2. The van der Waals surface area contributed by atoms with Gasteiger partial charge in [-0.05, 0) is 0 Å². The fourth-order valence-electron chi connectivity index (χ4n) is 0. The highest BCUT2D eigenvalue weighted by Crippen LogP contribution is 1.60. The lowest BCUT2D eigenvalue weighted by atomic mass is 11.6. The van der Waals surface area contributed by atoms with Crippen molar-refractivity contribution in [2.75, 3.05) is 14.2 Å². The van der Waals surface area contributed by atoms with E-state index in [0.29, 0.717) is 0 Å². The van der Waals surface area contributed by atoms with Crippen LogP contribution in [-0.2, 0) is 4.74 Å². The van der Waals surface area contributed by atoms with Gasteiger partial charge in [0.2, 0.25) is 0 Å². The molecule has 0 heterocycles. The Balaban J connectivity index is 0. The third-order valence-electron chi connectivity index (χ3n) is 0. The molecule has 6 heteroatoms. The van der Waals surface area contributed by atoms with Gasteiger partial charge in [-0.15, -0.1) is 0 Å². The van der Waals surface area contributed by atoms with Crippen LogP contribution in [0.4, 0.5) is 0 Å². The topological polar surface area (TPSA) is 98.6 Å². The van der Waals surface area contributed by atoms with Gasteiger partial charge in [0.15, 0.2) is 0 Å². The van der Waals surface area contributed by atoms with Gasteiger partial charge in [-0.3, -0.25) is 0 Å². The second kappa shape index (κ2) is 5.23. The summed E-state index contributed by atoms with van der Waals surface area (Å²) in [5.74, 6) is 0. The van der Waals surface area contributed by atoms with E-state index in [1.54, 1.807) is 14.2 Å². The molecule has 0 saturated heterocycles. The highest BCUT2D eigenvalue weighted by atomic mass is 35.7. The second-order valence-electron chi connectivity index (χ2n) is 0.804. The van der Waals surface area contributed by atoms with Crippen molar-refractivity contribution >= 4 is 0 Å². The first kappa shape index (κ1) is 11.0. The molecule has 0 spiro atoms. The SMILES string of the molecule is COC.[O-][Cl+3]([O-])([O-])O. The van der Waals surface area contributed by atoms with Crippen LogP contribution < -0.4 is 14.0 Å². The van der Waals surface area contributed by atoms with Gasteiger partial charge < -0.3 is 4.74 Å². The number of ether oxygens (including phenoxy) is 1. The van der Waals surface area contributed by atoms with E-state index in [4.69, 9.17) is 18.6 Å². The number of hydrogen-bond acceptors (Lipinski definition) is 5. The lowest BCUT2D eigenvalue weighted by Crippen LogP contribution is -2.58. The summed E-state index contributed by atoms with van der Waals surface area (Å²) in [6.45, 7) is 0. The van der Waals surface area contributed by atoms with Gasteiger partial charge in [0.25, 0.3) is 0 Å². The zero-order valence-electron chi connectivity index (χ0n) is 4.46. The maximum Gasteiger partial charge on any atom is 0.0777 e. The van der Waals surface area contributed by atoms with E-state index in [9.17, 15) is 0 Å². The molecule has 0 atom stereocenters. The van der Waals surface area contributed by atoms with Crippen molar-refractivity contribution < 1.29 is 33.6 Å². The highest BCUT2D eigenvalue weighted by molar-refractivity contribution is 3.56. The first-order chi connectivity index (χ1) is 3.41. The van der Waals surface area contributed by atoms with Crippen LogP contribution in [0.2, 0.25) is 0 Å². The van der Waals surface area contributed by atoms with Crippen LogP contribution in [0.3, 0.4) is 0 Å². The quantitative estimate of drug-likeness (QED) is 0.377. The molecule has 0 unspecified atom stereocenters. The molecular weight excluding hydrogens is 139 g/mol. The largest absolute Gasteiger partial charge is 0.388 e. The fourth-order valence-corrected chi connectivity index (χ4v) is 0. The molecule has 0 aromatic heterocycles. The number of halogens is 1. The smallest absolute Gasteiger partial charge is 0.0777 e. The minimum Gasteiger partial charge on any atom is -0.388 e. The first-order valence-electron chi connectivity index (χ1n) is 1.45. The van der Waals surface area contributed by atoms with Crippen LogP contribution in [0.5, 0.6) is 0 Å². The molecule has 0 radical (unpaired) electrons. The molecule has 0 bridgehead atoms. The number of rotatable bonds is 0. The molecule has 0 aliphatic carbocycles. The monoisotopic (exact) mass is 146 g/mol. The predicted molar refractivity (Wildman–Crippen MR) is 15.2 cm³/mol. The van der Waals surface area contributed by atoms with Crippen LogP contribution in [0.15, 0.2) is 0 Å². The van der Waals surface area contributed by atoms with Crippen molar-refractivity contribution in [3.05, 3.63) is 0 Å². The predicted octanol–water partition coefficient (Wildman–Crippen LogP) is -3.86. The Morgan fingerprint density at radius 2 is 1.25 bits per heavy atom. The molecule has 0 saturated carbocycles. The van der Waals surface area contributed by atoms with Crippen LogP contribution in [0.25, 0.3) is 0 Å². The second-order valence-corrected chi connectivity index (χ2v) is 1.60. The third-order valence-corrected chi connectivity index (χ3v) is 0. The van der Waals surface area contributed by atoms with E-state index in [1.807, 2.05) is 0 Å². The summed E-state index contributed by atoms with van der Waals surface area (Å²) in [7, 11) is -1.44. The van der Waals surface area contributed by atoms with Crippen LogP contribution in [0, 0.1) is 10.2 Å². The van der Waals surface area contributed by atoms with E-state index in [-0.39, 0.29) is 0 Å². The number of hydrogen-bond donors (Lipinski definition) is 1. The molecule has 5 nitrogen and oxygen atoms in total. The van der Waals surface area contributed by atoms with Crippen LogP contribution >= 0.6 is 0 Å². The summed E-state index contributed by atoms with van der Waals surface area (Å²) in [4.78, 5) is 0. The van der Waals surface area contributed by atoms with Gasteiger partial charge in [0, 0.05) is 14.2 Å². The van der Waals surface area contributed by atoms with Crippen LogP contribution in [0.1, 0.15) is 0 Å². The molecule has 0 fully saturated rings. The van der Waals surface area contributed by atoms with Gasteiger partial charge in [0.05, 0.1) is 14.9 Å². The van der Waals surface area contributed by atoms with E-state index in [2.05, 4.69) is 4.74 Å². The zero-order chi connectivity index (χ0) is 7.21. The summed E-state index contributed by atoms with van der Waals surface area (Å²) in [5.41, 5.74) is 0. The molecule has 0 aromatic carbocycles. The van der Waals surface area contributed by atoms with Gasteiger partial charge in [-0.25, -0.2) is 0 Å². The molecule has 0 aromatic rings. The Labute approximate surface area is 48.9 Å². The van der Waals surface area contributed by atoms with Crippen molar-refractivity contribution in [1.82, 2.24) is 0 Å². The average molecular weight is 147 g/mol. The van der Waals surface area contributed by atoms with Crippen molar-refractivity contribution in [1.29, 1.82) is 0 Å². The standard InChI is InChI=1S/C2H6O.ClHO4/c1-3-2;2-1(3,4)5/h1-2H3;(H,2,3,4,5). The molecule has 1 N–H and O–H groups in total. The summed E-state index contributed by atoms with van der Waals surface area (Å²) < 4.78 is 37.0. The van der Waals surface area contributed by atoms with Crippen molar-refractivity contribution in [3.63, 3.8) is 0 Å². The third kappa shape index (κ3) is 19500. The van der Waals surface area contributed by atoms with E-state index >= 15 is 0 Å². The average Bonchev–Trinajstić information content (AvgIpc) is 1.27.